The summed E-state index contributed by atoms with van der Waals surface area (Å²) in [6.07, 6.45) is 6.81. The second-order valence-electron chi connectivity index (χ2n) is 5.27. The Morgan fingerprint density at radius 3 is 3.10 bits per heavy atom. The standard InChI is InChI=1S/C16H21N3O/c1-2-7-17-13(11-16-18-8-9-19-16)15-10-12-5-3-4-6-14(12)20-15/h3-6,8-9,13,15,17H,2,7,10-11H2,1H3,(H,18,19). The van der Waals surface area contributed by atoms with Gasteiger partial charge in [-0.3, -0.25) is 0 Å². The molecule has 0 spiro atoms. The molecule has 20 heavy (non-hydrogen) atoms. The molecule has 1 aliphatic heterocycles. The van der Waals surface area contributed by atoms with Crippen LogP contribution in [0.4, 0.5) is 0 Å². The highest BCUT2D eigenvalue weighted by molar-refractivity contribution is 5.37. The Kier molecular flexibility index (Phi) is 4.02. The van der Waals surface area contributed by atoms with Crippen LogP contribution in [0, 0.1) is 0 Å². The van der Waals surface area contributed by atoms with Gasteiger partial charge in [-0.2, -0.15) is 0 Å². The van der Waals surface area contributed by atoms with Crippen LogP contribution in [0.15, 0.2) is 36.7 Å². The Balaban J connectivity index is 1.70. The van der Waals surface area contributed by atoms with E-state index in [4.69, 9.17) is 4.74 Å². The SMILES string of the molecule is CCCNC(Cc1ncc[nH]1)C1Cc2ccccc2O1. The third kappa shape index (κ3) is 2.85. The monoisotopic (exact) mass is 271 g/mol. The quantitative estimate of drug-likeness (QED) is 0.847. The van der Waals surface area contributed by atoms with E-state index in [1.165, 1.54) is 5.56 Å². The van der Waals surface area contributed by atoms with Gasteiger partial charge in [-0.1, -0.05) is 25.1 Å². The van der Waals surface area contributed by atoms with Crippen molar-refractivity contribution in [1.29, 1.82) is 0 Å². The molecule has 1 aliphatic rings. The first-order valence-electron chi connectivity index (χ1n) is 7.33. The summed E-state index contributed by atoms with van der Waals surface area (Å²) in [6.45, 7) is 3.18. The summed E-state index contributed by atoms with van der Waals surface area (Å²) in [5, 5.41) is 3.60. The highest BCUT2D eigenvalue weighted by Gasteiger charge is 2.30. The first-order chi connectivity index (χ1) is 9.86. The molecule has 0 saturated carbocycles. The molecule has 2 unspecified atom stereocenters. The minimum atomic E-state index is 0.184. The summed E-state index contributed by atoms with van der Waals surface area (Å²) in [5.74, 6) is 2.04. The molecule has 0 radical (unpaired) electrons. The molecule has 2 aromatic rings. The topological polar surface area (TPSA) is 49.9 Å². The second kappa shape index (κ2) is 6.09. The maximum atomic E-state index is 6.11. The maximum absolute atomic E-state index is 6.11. The number of nitrogens with one attached hydrogen (secondary N) is 2. The number of para-hydroxylation sites is 1. The summed E-state index contributed by atoms with van der Waals surface area (Å²) in [5.41, 5.74) is 1.31. The number of fused-ring (bicyclic) bond motifs is 1. The van der Waals surface area contributed by atoms with Gasteiger partial charge >= 0.3 is 0 Å². The van der Waals surface area contributed by atoms with E-state index in [0.29, 0.717) is 0 Å². The number of aromatic nitrogens is 2. The van der Waals surface area contributed by atoms with Gasteiger partial charge < -0.3 is 15.0 Å². The van der Waals surface area contributed by atoms with Crippen LogP contribution in [0.1, 0.15) is 24.7 Å². The third-order valence-corrected chi connectivity index (χ3v) is 3.75. The molecule has 106 valence electrons. The average molecular weight is 271 g/mol. The van der Waals surface area contributed by atoms with Crippen molar-refractivity contribution in [2.75, 3.05) is 6.54 Å². The van der Waals surface area contributed by atoms with Crippen molar-refractivity contribution in [1.82, 2.24) is 15.3 Å². The van der Waals surface area contributed by atoms with Crippen molar-refractivity contribution in [2.45, 2.75) is 38.3 Å². The molecule has 0 saturated heterocycles. The van der Waals surface area contributed by atoms with Gasteiger partial charge in [0.05, 0.1) is 6.04 Å². The van der Waals surface area contributed by atoms with E-state index in [-0.39, 0.29) is 12.1 Å². The molecule has 0 bridgehead atoms. The van der Waals surface area contributed by atoms with E-state index >= 15 is 0 Å². The van der Waals surface area contributed by atoms with Crippen molar-refractivity contribution in [3.63, 3.8) is 0 Å². The van der Waals surface area contributed by atoms with Gasteiger partial charge in [0.2, 0.25) is 0 Å². The van der Waals surface area contributed by atoms with Crippen LogP contribution >= 0.6 is 0 Å². The molecule has 1 aromatic carbocycles. The largest absolute Gasteiger partial charge is 0.488 e. The highest BCUT2D eigenvalue weighted by Crippen LogP contribution is 2.30. The lowest BCUT2D eigenvalue weighted by Crippen LogP contribution is -2.44. The summed E-state index contributed by atoms with van der Waals surface area (Å²) in [4.78, 5) is 7.52. The molecule has 2 atom stereocenters. The Labute approximate surface area is 119 Å². The highest BCUT2D eigenvalue weighted by atomic mass is 16.5. The molecule has 2 N–H and O–H groups in total. The first-order valence-corrected chi connectivity index (χ1v) is 7.33. The number of hydrogen-bond acceptors (Lipinski definition) is 3. The Morgan fingerprint density at radius 2 is 2.35 bits per heavy atom. The van der Waals surface area contributed by atoms with Crippen LogP contribution in [0.5, 0.6) is 5.75 Å². The van der Waals surface area contributed by atoms with Gasteiger partial charge in [0.15, 0.2) is 0 Å². The number of rotatable bonds is 6. The number of benzene rings is 1. The molecule has 1 aromatic heterocycles. The number of H-pyrrole nitrogens is 1. The lowest BCUT2D eigenvalue weighted by atomic mass is 10.0. The van der Waals surface area contributed by atoms with Crippen molar-refractivity contribution >= 4 is 0 Å². The van der Waals surface area contributed by atoms with Gasteiger partial charge in [0, 0.05) is 25.2 Å². The Morgan fingerprint density at radius 1 is 1.45 bits per heavy atom. The van der Waals surface area contributed by atoms with E-state index in [2.05, 4.69) is 40.4 Å². The predicted octanol–water partition coefficient (Wildman–Crippen LogP) is 2.32. The average Bonchev–Trinajstić information content (AvgIpc) is 3.12. The number of aromatic amines is 1. The van der Waals surface area contributed by atoms with Crippen LogP contribution in [0.3, 0.4) is 0 Å². The van der Waals surface area contributed by atoms with E-state index in [1.807, 2.05) is 12.3 Å². The lowest BCUT2D eigenvalue weighted by molar-refractivity contribution is 0.176. The van der Waals surface area contributed by atoms with Crippen molar-refractivity contribution in [3.05, 3.63) is 48.0 Å². The van der Waals surface area contributed by atoms with Gasteiger partial charge in [-0.05, 0) is 24.6 Å². The van der Waals surface area contributed by atoms with Gasteiger partial charge in [0.1, 0.15) is 17.7 Å². The molecule has 4 nitrogen and oxygen atoms in total. The van der Waals surface area contributed by atoms with Crippen LogP contribution in [-0.2, 0) is 12.8 Å². The normalized spacial score (nSPS) is 18.6. The summed E-state index contributed by atoms with van der Waals surface area (Å²) in [6, 6.07) is 8.60. The maximum Gasteiger partial charge on any atom is 0.123 e. The molecule has 4 heteroatoms. The number of hydrogen-bond donors (Lipinski definition) is 2. The Hall–Kier alpha value is -1.81. The van der Waals surface area contributed by atoms with Crippen LogP contribution < -0.4 is 10.1 Å². The zero-order chi connectivity index (χ0) is 13.8. The number of imidazole rings is 1. The van der Waals surface area contributed by atoms with Gasteiger partial charge in [-0.25, -0.2) is 4.98 Å². The molecule has 0 fully saturated rings. The molecular weight excluding hydrogens is 250 g/mol. The lowest BCUT2D eigenvalue weighted by Gasteiger charge is -2.23. The molecule has 3 rings (SSSR count). The zero-order valence-corrected chi connectivity index (χ0v) is 11.8. The summed E-state index contributed by atoms with van der Waals surface area (Å²) < 4.78 is 6.11. The minimum Gasteiger partial charge on any atom is -0.488 e. The number of ether oxygens (including phenoxy) is 1. The van der Waals surface area contributed by atoms with Crippen molar-refractivity contribution in [3.8, 4) is 5.75 Å². The Bertz CT molecular complexity index is 513. The first kappa shape index (κ1) is 13.2. The molecular formula is C16H21N3O. The van der Waals surface area contributed by atoms with Crippen LogP contribution in [0.2, 0.25) is 0 Å². The molecule has 0 amide bonds. The van der Waals surface area contributed by atoms with Crippen molar-refractivity contribution < 1.29 is 4.74 Å². The van der Waals surface area contributed by atoms with E-state index in [9.17, 15) is 0 Å². The van der Waals surface area contributed by atoms with Crippen LogP contribution in [-0.4, -0.2) is 28.7 Å². The fourth-order valence-corrected chi connectivity index (χ4v) is 2.72. The second-order valence-corrected chi connectivity index (χ2v) is 5.27. The summed E-state index contributed by atoms with van der Waals surface area (Å²) >= 11 is 0. The molecule has 0 aliphatic carbocycles. The van der Waals surface area contributed by atoms with Gasteiger partial charge in [-0.15, -0.1) is 0 Å². The van der Waals surface area contributed by atoms with Gasteiger partial charge in [0.25, 0.3) is 0 Å². The van der Waals surface area contributed by atoms with Crippen molar-refractivity contribution in [2.24, 2.45) is 0 Å². The molecule has 2 heterocycles. The summed E-state index contributed by atoms with van der Waals surface area (Å²) in [7, 11) is 0. The predicted molar refractivity (Wildman–Crippen MR) is 78.9 cm³/mol. The van der Waals surface area contributed by atoms with E-state index < -0.39 is 0 Å². The number of nitrogens with zero attached hydrogens (tertiary/aromatic N) is 1. The third-order valence-electron chi connectivity index (χ3n) is 3.75. The fraction of sp³-hybridized carbons (Fsp3) is 0.438. The minimum absolute atomic E-state index is 0.184. The fourth-order valence-electron chi connectivity index (χ4n) is 2.72. The van der Waals surface area contributed by atoms with Crippen LogP contribution in [0.25, 0.3) is 0 Å². The zero-order valence-electron chi connectivity index (χ0n) is 11.8. The van der Waals surface area contributed by atoms with E-state index in [1.54, 1.807) is 6.20 Å². The van der Waals surface area contributed by atoms with E-state index in [0.717, 1.165) is 37.4 Å². The smallest absolute Gasteiger partial charge is 0.123 e.